The number of carbonyl (C=O) groups is 1. The van der Waals surface area contributed by atoms with E-state index in [4.69, 9.17) is 10.5 Å². The molecule has 4 nitrogen and oxygen atoms in total. The van der Waals surface area contributed by atoms with Crippen molar-refractivity contribution in [1.29, 1.82) is 0 Å². The Balaban J connectivity index is 0.00000361. The van der Waals surface area contributed by atoms with E-state index in [1.807, 2.05) is 26.8 Å². The van der Waals surface area contributed by atoms with Gasteiger partial charge in [0.2, 0.25) is 0 Å². The molecule has 0 heterocycles. The minimum absolute atomic E-state index is 0. The van der Waals surface area contributed by atoms with Crippen molar-refractivity contribution in [3.8, 4) is 5.75 Å². The lowest BCUT2D eigenvalue weighted by molar-refractivity contribution is 0.0882. The van der Waals surface area contributed by atoms with Crippen LogP contribution in [0.3, 0.4) is 0 Å². The zero-order chi connectivity index (χ0) is 14.6. The zero-order valence-corrected chi connectivity index (χ0v) is 15.2. The molecule has 1 rings (SSSR count). The van der Waals surface area contributed by atoms with Crippen LogP contribution >= 0.6 is 35.0 Å². The summed E-state index contributed by atoms with van der Waals surface area (Å²) in [6.45, 7) is 6.47. The van der Waals surface area contributed by atoms with Gasteiger partial charge in [0.1, 0.15) is 5.75 Å². The number of hydrogen-bond acceptors (Lipinski definition) is 3. The van der Waals surface area contributed by atoms with Crippen molar-refractivity contribution >= 4 is 40.9 Å². The van der Waals surface area contributed by atoms with Crippen LogP contribution < -0.4 is 15.8 Å². The average Bonchev–Trinajstić information content (AvgIpc) is 2.37. The summed E-state index contributed by atoms with van der Waals surface area (Å²) in [5.41, 5.74) is 6.02. The van der Waals surface area contributed by atoms with E-state index in [0.29, 0.717) is 12.1 Å². The van der Waals surface area contributed by atoms with E-state index in [0.717, 1.165) is 9.32 Å². The van der Waals surface area contributed by atoms with Crippen LogP contribution in [0.15, 0.2) is 18.2 Å². The van der Waals surface area contributed by atoms with Crippen molar-refractivity contribution in [3.63, 3.8) is 0 Å². The predicted molar refractivity (Wildman–Crippen MR) is 92.7 cm³/mol. The Bertz CT molecular complexity index is 468. The van der Waals surface area contributed by atoms with E-state index in [-0.39, 0.29) is 24.2 Å². The Labute approximate surface area is 140 Å². The number of carbonyl (C=O) groups excluding carboxylic acids is 1. The van der Waals surface area contributed by atoms with Crippen molar-refractivity contribution in [3.05, 3.63) is 27.3 Å². The third kappa shape index (κ3) is 4.49. The van der Waals surface area contributed by atoms with Gasteiger partial charge < -0.3 is 15.8 Å². The number of ether oxygens (including phenoxy) is 1. The van der Waals surface area contributed by atoms with E-state index in [2.05, 4.69) is 27.9 Å². The molecule has 20 heavy (non-hydrogen) atoms. The first-order valence-corrected chi connectivity index (χ1v) is 7.28. The molecular weight excluding hydrogens is 391 g/mol. The molecule has 0 aromatic heterocycles. The summed E-state index contributed by atoms with van der Waals surface area (Å²) < 4.78 is 5.99. The van der Waals surface area contributed by atoms with Gasteiger partial charge in [-0.1, -0.05) is 13.8 Å². The van der Waals surface area contributed by atoms with E-state index >= 15 is 0 Å². The molecule has 0 fully saturated rings. The Hall–Kier alpha value is -0.530. The molecule has 114 valence electrons. The summed E-state index contributed by atoms with van der Waals surface area (Å²) in [6, 6.07) is 5.39. The van der Waals surface area contributed by atoms with Crippen LogP contribution in [-0.4, -0.2) is 25.1 Å². The van der Waals surface area contributed by atoms with Gasteiger partial charge in [-0.15, -0.1) is 12.4 Å². The first-order valence-electron chi connectivity index (χ1n) is 6.20. The molecule has 0 bridgehead atoms. The number of rotatable bonds is 5. The van der Waals surface area contributed by atoms with Gasteiger partial charge in [-0.2, -0.15) is 0 Å². The Kier molecular flexibility index (Phi) is 7.83. The molecule has 0 aliphatic heterocycles. The van der Waals surface area contributed by atoms with Gasteiger partial charge in [0, 0.05) is 10.1 Å². The number of amides is 1. The number of methoxy groups -OCH3 is 1. The first kappa shape index (κ1) is 19.5. The van der Waals surface area contributed by atoms with Crippen LogP contribution in [0.2, 0.25) is 0 Å². The summed E-state index contributed by atoms with van der Waals surface area (Å²) in [6.07, 6.45) is 0. The van der Waals surface area contributed by atoms with Crippen LogP contribution in [0.1, 0.15) is 31.1 Å². The predicted octanol–water partition coefficient (Wildman–Crippen LogP) is 2.82. The van der Waals surface area contributed by atoms with Gasteiger partial charge in [0.15, 0.2) is 0 Å². The minimum atomic E-state index is -0.403. The maximum absolute atomic E-state index is 12.3. The van der Waals surface area contributed by atoms with Gasteiger partial charge in [0.05, 0.1) is 18.2 Å². The molecule has 1 atom stereocenters. The number of nitrogens with two attached hydrogens (primary N) is 1. The number of hydrogen-bond donors (Lipinski definition) is 2. The van der Waals surface area contributed by atoms with E-state index < -0.39 is 5.54 Å². The molecule has 0 saturated carbocycles. The quantitative estimate of drug-likeness (QED) is 0.731. The summed E-state index contributed by atoms with van der Waals surface area (Å²) in [7, 11) is 1.61. The molecule has 1 aromatic rings. The van der Waals surface area contributed by atoms with Crippen LogP contribution in [0.5, 0.6) is 5.75 Å². The Morgan fingerprint density at radius 3 is 2.50 bits per heavy atom. The summed E-state index contributed by atoms with van der Waals surface area (Å²) in [5.74, 6) is 0.900. The molecular formula is C14H22ClIN2O2. The minimum Gasteiger partial charge on any atom is -0.497 e. The molecule has 3 N–H and O–H groups in total. The second kappa shape index (κ2) is 8.05. The smallest absolute Gasteiger partial charge is 0.252 e. The molecule has 1 amide bonds. The van der Waals surface area contributed by atoms with Gasteiger partial charge in [0.25, 0.3) is 5.91 Å². The van der Waals surface area contributed by atoms with Crippen molar-refractivity contribution in [1.82, 2.24) is 5.32 Å². The van der Waals surface area contributed by atoms with Crippen molar-refractivity contribution in [2.75, 3.05) is 13.7 Å². The highest BCUT2D eigenvalue weighted by Crippen LogP contribution is 2.21. The van der Waals surface area contributed by atoms with Crippen LogP contribution in [0.25, 0.3) is 0 Å². The highest BCUT2D eigenvalue weighted by molar-refractivity contribution is 14.1. The summed E-state index contributed by atoms with van der Waals surface area (Å²) in [5, 5.41) is 3.03. The molecule has 6 heteroatoms. The fraction of sp³-hybridized carbons (Fsp3) is 0.500. The average molecular weight is 413 g/mol. The van der Waals surface area contributed by atoms with Crippen LogP contribution in [0, 0.1) is 9.49 Å². The molecule has 0 aliphatic carbocycles. The maximum Gasteiger partial charge on any atom is 0.252 e. The van der Waals surface area contributed by atoms with Gasteiger partial charge >= 0.3 is 0 Å². The number of benzene rings is 1. The van der Waals surface area contributed by atoms with Crippen LogP contribution in [-0.2, 0) is 0 Å². The summed E-state index contributed by atoms with van der Waals surface area (Å²) in [4.78, 5) is 12.3. The van der Waals surface area contributed by atoms with E-state index in [9.17, 15) is 4.79 Å². The molecule has 0 radical (unpaired) electrons. The highest BCUT2D eigenvalue weighted by Gasteiger charge is 2.29. The molecule has 1 aromatic carbocycles. The largest absolute Gasteiger partial charge is 0.497 e. The highest BCUT2D eigenvalue weighted by atomic mass is 127. The lowest BCUT2D eigenvalue weighted by Gasteiger charge is -2.33. The molecule has 0 spiro atoms. The summed E-state index contributed by atoms with van der Waals surface area (Å²) >= 11 is 2.13. The fourth-order valence-electron chi connectivity index (χ4n) is 1.56. The standard InChI is InChI=1S/C14H21IN2O2.ClH/c1-9(2)14(3,8-16)17-13(18)11-6-5-10(19-4)7-12(11)15;/h5-7,9H,8,16H2,1-4H3,(H,17,18);1H. The monoisotopic (exact) mass is 412 g/mol. The second-order valence-corrected chi connectivity index (χ2v) is 6.24. The van der Waals surface area contributed by atoms with Crippen molar-refractivity contribution in [2.45, 2.75) is 26.3 Å². The first-order chi connectivity index (χ1) is 8.84. The van der Waals surface area contributed by atoms with Gasteiger partial charge in [-0.25, -0.2) is 0 Å². The normalized spacial score (nSPS) is 13.3. The molecule has 1 unspecified atom stereocenters. The lowest BCUT2D eigenvalue weighted by Crippen LogP contribution is -2.55. The zero-order valence-electron chi connectivity index (χ0n) is 12.2. The SMILES string of the molecule is COc1ccc(C(=O)NC(C)(CN)C(C)C)c(I)c1.Cl. The number of nitrogens with one attached hydrogen (secondary N) is 1. The topological polar surface area (TPSA) is 64.3 Å². The van der Waals surface area contributed by atoms with Crippen LogP contribution in [0.4, 0.5) is 0 Å². The van der Waals surface area contributed by atoms with Crippen molar-refractivity contribution in [2.24, 2.45) is 11.7 Å². The van der Waals surface area contributed by atoms with Gasteiger partial charge in [-0.05, 0) is 53.6 Å². The second-order valence-electron chi connectivity index (χ2n) is 5.08. The molecule has 0 aliphatic rings. The molecule has 0 saturated heterocycles. The van der Waals surface area contributed by atoms with E-state index in [1.165, 1.54) is 0 Å². The van der Waals surface area contributed by atoms with E-state index in [1.54, 1.807) is 19.2 Å². The fourth-order valence-corrected chi connectivity index (χ4v) is 2.30. The lowest BCUT2D eigenvalue weighted by atomic mass is 9.88. The Morgan fingerprint density at radius 2 is 2.10 bits per heavy atom. The maximum atomic E-state index is 12.3. The van der Waals surface area contributed by atoms with Crippen molar-refractivity contribution < 1.29 is 9.53 Å². The van der Waals surface area contributed by atoms with Gasteiger partial charge in [-0.3, -0.25) is 4.79 Å². The number of halogens is 2. The Morgan fingerprint density at radius 1 is 1.50 bits per heavy atom. The third-order valence-corrected chi connectivity index (χ3v) is 4.41. The third-order valence-electron chi connectivity index (χ3n) is 3.52.